The number of halogens is 1. The van der Waals surface area contributed by atoms with E-state index in [1.54, 1.807) is 0 Å². The molecule has 0 radical (unpaired) electrons. The summed E-state index contributed by atoms with van der Waals surface area (Å²) >= 11 is 0. The molecule has 0 spiro atoms. The molecule has 0 saturated heterocycles. The number of pyridine rings is 2. The number of para-hydroxylation sites is 1. The summed E-state index contributed by atoms with van der Waals surface area (Å²) in [6.07, 6.45) is 19.1. The maximum atomic E-state index is 4.95. The molecule has 178 valence electrons. The largest absolute Gasteiger partial charge is 0.385 e. The van der Waals surface area contributed by atoms with Crippen LogP contribution in [0, 0.1) is 0 Å². The molecule has 33 heavy (non-hydrogen) atoms. The van der Waals surface area contributed by atoms with Crippen molar-refractivity contribution in [3.63, 3.8) is 0 Å². The second-order valence-electron chi connectivity index (χ2n) is 9.05. The van der Waals surface area contributed by atoms with Gasteiger partial charge in [0.1, 0.15) is 0 Å². The summed E-state index contributed by atoms with van der Waals surface area (Å²) in [5, 5.41) is 8.56. The first kappa shape index (κ1) is 25.3. The lowest BCUT2D eigenvalue weighted by Crippen LogP contribution is -2.12. The summed E-state index contributed by atoms with van der Waals surface area (Å²) in [5.41, 5.74) is 6.49. The standard InChI is InChI=1S/C28H38N4.ClH/c1(3-5-11-19-30-23-17-21-29-22-18-23)2-4-6-12-20-31-28-24-13-7-9-15-26(24)32-27-16-10-8-14-25(27)28;/h7,9,13,15,17-18,21-22H,1-6,8,10-12,14,16,19-20H2,(H,29,30)(H,31,32);1H. The van der Waals surface area contributed by atoms with Gasteiger partial charge in [-0.1, -0.05) is 56.7 Å². The Morgan fingerprint density at radius 2 is 1.33 bits per heavy atom. The van der Waals surface area contributed by atoms with E-state index < -0.39 is 0 Å². The zero-order valence-corrected chi connectivity index (χ0v) is 20.6. The lowest BCUT2D eigenvalue weighted by Gasteiger charge is -2.21. The second-order valence-corrected chi connectivity index (χ2v) is 9.05. The molecule has 3 aromatic rings. The fourth-order valence-corrected chi connectivity index (χ4v) is 4.80. The van der Waals surface area contributed by atoms with Gasteiger partial charge in [-0.05, 0) is 62.3 Å². The molecular formula is C28H39ClN4. The Labute approximate surface area is 205 Å². The normalized spacial score (nSPS) is 12.7. The first-order valence-corrected chi connectivity index (χ1v) is 12.7. The fraction of sp³-hybridized carbons (Fsp3) is 0.500. The molecule has 0 fully saturated rings. The number of nitrogens with zero attached hydrogens (tertiary/aromatic N) is 2. The third kappa shape index (κ3) is 7.60. The topological polar surface area (TPSA) is 49.8 Å². The summed E-state index contributed by atoms with van der Waals surface area (Å²) in [4.78, 5) is 9.00. The van der Waals surface area contributed by atoms with Crippen LogP contribution in [0.4, 0.5) is 11.4 Å². The molecule has 4 nitrogen and oxygen atoms in total. The van der Waals surface area contributed by atoms with E-state index in [1.807, 2.05) is 24.5 Å². The van der Waals surface area contributed by atoms with Crippen LogP contribution in [0.5, 0.6) is 0 Å². The second kappa shape index (κ2) is 14.0. The summed E-state index contributed by atoms with van der Waals surface area (Å²) in [6, 6.07) is 12.7. The smallest absolute Gasteiger partial charge is 0.0726 e. The number of rotatable bonds is 13. The van der Waals surface area contributed by atoms with Crippen LogP contribution < -0.4 is 10.6 Å². The summed E-state index contributed by atoms with van der Waals surface area (Å²) < 4.78 is 0. The van der Waals surface area contributed by atoms with Gasteiger partial charge < -0.3 is 10.6 Å². The molecule has 0 bridgehead atoms. The Bertz CT molecular complexity index is 961. The molecule has 2 aromatic heterocycles. The molecule has 4 rings (SSSR count). The number of anilines is 2. The SMILES string of the molecule is Cl.c1ccc2c(NCCCCCCCCCCNc3ccncc3)c3c(nc2c1)CCCC3. The number of benzene rings is 1. The monoisotopic (exact) mass is 466 g/mol. The van der Waals surface area contributed by atoms with Gasteiger partial charge in [-0.2, -0.15) is 0 Å². The molecule has 2 N–H and O–H groups in total. The van der Waals surface area contributed by atoms with Crippen LogP contribution in [0.2, 0.25) is 0 Å². The zero-order valence-electron chi connectivity index (χ0n) is 19.8. The predicted molar refractivity (Wildman–Crippen MR) is 144 cm³/mol. The van der Waals surface area contributed by atoms with Crippen LogP contribution in [-0.2, 0) is 12.8 Å². The van der Waals surface area contributed by atoms with E-state index in [0.29, 0.717) is 0 Å². The van der Waals surface area contributed by atoms with Crippen LogP contribution in [0.25, 0.3) is 10.9 Å². The molecule has 0 amide bonds. The highest BCUT2D eigenvalue weighted by Gasteiger charge is 2.17. The van der Waals surface area contributed by atoms with Crippen LogP contribution in [0.3, 0.4) is 0 Å². The minimum absolute atomic E-state index is 0. The highest BCUT2D eigenvalue weighted by Crippen LogP contribution is 2.33. The Hall–Kier alpha value is -2.33. The lowest BCUT2D eigenvalue weighted by atomic mass is 9.92. The molecule has 0 atom stereocenters. The van der Waals surface area contributed by atoms with Gasteiger partial charge >= 0.3 is 0 Å². The van der Waals surface area contributed by atoms with Gasteiger partial charge in [-0.15, -0.1) is 12.4 Å². The third-order valence-electron chi connectivity index (χ3n) is 6.58. The van der Waals surface area contributed by atoms with Gasteiger partial charge in [0.2, 0.25) is 0 Å². The highest BCUT2D eigenvalue weighted by atomic mass is 35.5. The van der Waals surface area contributed by atoms with Crippen molar-refractivity contribution < 1.29 is 0 Å². The van der Waals surface area contributed by atoms with E-state index in [2.05, 4.69) is 39.9 Å². The van der Waals surface area contributed by atoms with Crippen molar-refractivity contribution in [2.45, 2.75) is 77.0 Å². The number of unbranched alkanes of at least 4 members (excludes halogenated alkanes) is 7. The van der Waals surface area contributed by atoms with Gasteiger partial charge in [-0.25, -0.2) is 0 Å². The summed E-state index contributed by atoms with van der Waals surface area (Å²) in [5.74, 6) is 0. The first-order chi connectivity index (χ1) is 15.9. The fourth-order valence-electron chi connectivity index (χ4n) is 4.80. The molecule has 2 heterocycles. The van der Waals surface area contributed by atoms with Gasteiger partial charge in [-0.3, -0.25) is 9.97 Å². The molecule has 0 aliphatic heterocycles. The van der Waals surface area contributed by atoms with E-state index >= 15 is 0 Å². The molecule has 1 aliphatic rings. The third-order valence-corrected chi connectivity index (χ3v) is 6.58. The van der Waals surface area contributed by atoms with Gasteiger partial charge in [0.05, 0.1) is 5.52 Å². The Balaban J connectivity index is 0.00000306. The minimum Gasteiger partial charge on any atom is -0.385 e. The summed E-state index contributed by atoms with van der Waals surface area (Å²) in [6.45, 7) is 2.13. The van der Waals surface area contributed by atoms with Crippen LogP contribution in [0.1, 0.15) is 75.5 Å². The molecule has 0 unspecified atom stereocenters. The summed E-state index contributed by atoms with van der Waals surface area (Å²) in [7, 11) is 0. The Kier molecular flexibility index (Phi) is 10.8. The van der Waals surface area contributed by atoms with Gasteiger partial charge in [0, 0.05) is 47.9 Å². The van der Waals surface area contributed by atoms with Crippen molar-refractivity contribution >= 4 is 34.7 Å². The van der Waals surface area contributed by atoms with E-state index in [0.717, 1.165) is 25.0 Å². The van der Waals surface area contributed by atoms with Crippen molar-refractivity contribution in [2.75, 3.05) is 23.7 Å². The number of nitrogens with one attached hydrogen (secondary N) is 2. The van der Waals surface area contributed by atoms with Crippen LogP contribution in [-0.4, -0.2) is 23.1 Å². The van der Waals surface area contributed by atoms with Gasteiger partial charge in [0.25, 0.3) is 0 Å². The minimum atomic E-state index is 0. The average Bonchev–Trinajstić information content (AvgIpc) is 2.84. The van der Waals surface area contributed by atoms with Gasteiger partial charge in [0.15, 0.2) is 0 Å². The van der Waals surface area contributed by atoms with E-state index in [9.17, 15) is 0 Å². The van der Waals surface area contributed by atoms with E-state index in [1.165, 1.54) is 98.6 Å². The molecule has 5 heteroatoms. The number of aryl methyl sites for hydroxylation is 1. The quantitative estimate of drug-likeness (QED) is 0.255. The number of fused-ring (bicyclic) bond motifs is 2. The average molecular weight is 467 g/mol. The predicted octanol–water partition coefficient (Wildman–Crippen LogP) is 7.58. The maximum Gasteiger partial charge on any atom is 0.0726 e. The molecule has 1 aliphatic carbocycles. The van der Waals surface area contributed by atoms with E-state index in [4.69, 9.17) is 4.98 Å². The van der Waals surface area contributed by atoms with Crippen molar-refractivity contribution in [2.24, 2.45) is 0 Å². The molecule has 0 saturated carbocycles. The lowest BCUT2D eigenvalue weighted by molar-refractivity contribution is 0.577. The zero-order chi connectivity index (χ0) is 21.8. The molecule has 1 aromatic carbocycles. The number of hydrogen-bond donors (Lipinski definition) is 2. The molecular weight excluding hydrogens is 428 g/mol. The number of hydrogen-bond acceptors (Lipinski definition) is 4. The van der Waals surface area contributed by atoms with Crippen molar-refractivity contribution in [3.05, 3.63) is 60.0 Å². The van der Waals surface area contributed by atoms with Crippen molar-refractivity contribution in [1.82, 2.24) is 9.97 Å². The highest BCUT2D eigenvalue weighted by molar-refractivity contribution is 5.93. The van der Waals surface area contributed by atoms with Crippen LogP contribution in [0.15, 0.2) is 48.8 Å². The maximum absolute atomic E-state index is 4.95. The van der Waals surface area contributed by atoms with Crippen molar-refractivity contribution in [3.8, 4) is 0 Å². The number of aromatic nitrogens is 2. The van der Waals surface area contributed by atoms with E-state index in [-0.39, 0.29) is 12.4 Å². The van der Waals surface area contributed by atoms with Crippen molar-refractivity contribution in [1.29, 1.82) is 0 Å². The Morgan fingerprint density at radius 1 is 0.697 bits per heavy atom. The first-order valence-electron chi connectivity index (χ1n) is 12.7. The Morgan fingerprint density at radius 3 is 2.09 bits per heavy atom. The van der Waals surface area contributed by atoms with Crippen LogP contribution >= 0.6 is 12.4 Å².